The molecule has 1 aliphatic heterocycles. The number of likely N-dealkylation sites (tertiary alicyclic amines) is 1. The van der Waals surface area contributed by atoms with Crippen molar-refractivity contribution in [3.8, 4) is 11.3 Å². The summed E-state index contributed by atoms with van der Waals surface area (Å²) in [5.41, 5.74) is -1.11. The number of carboxylic acid groups (broad SMARTS) is 1. The Bertz CT molecular complexity index is 844. The van der Waals surface area contributed by atoms with Crippen LogP contribution in [0.1, 0.15) is 12.8 Å². The third-order valence-corrected chi connectivity index (χ3v) is 4.46. The molecule has 0 radical (unpaired) electrons. The van der Waals surface area contributed by atoms with Gasteiger partial charge in [-0.15, -0.1) is 0 Å². The van der Waals surface area contributed by atoms with Gasteiger partial charge in [0.1, 0.15) is 5.82 Å². The van der Waals surface area contributed by atoms with Crippen LogP contribution >= 0.6 is 0 Å². The highest BCUT2D eigenvalue weighted by Crippen LogP contribution is 2.24. The lowest BCUT2D eigenvalue weighted by atomic mass is 9.91. The van der Waals surface area contributed by atoms with E-state index in [1.165, 1.54) is 34.0 Å². The molecule has 0 spiro atoms. The SMILES string of the molecule is O=C(O)N1CCC(O)(Cn2cnc(-c3ccccc3F)cc2=O)CC1. The van der Waals surface area contributed by atoms with Crippen LogP contribution in [0.15, 0.2) is 41.5 Å². The molecule has 1 saturated heterocycles. The number of nitrogens with zero attached hydrogens (tertiary/aromatic N) is 3. The van der Waals surface area contributed by atoms with Crippen molar-refractivity contribution >= 4 is 6.09 Å². The van der Waals surface area contributed by atoms with E-state index >= 15 is 0 Å². The molecule has 0 atom stereocenters. The van der Waals surface area contributed by atoms with E-state index in [2.05, 4.69) is 4.98 Å². The molecule has 7 nitrogen and oxygen atoms in total. The van der Waals surface area contributed by atoms with Crippen LogP contribution < -0.4 is 5.56 Å². The summed E-state index contributed by atoms with van der Waals surface area (Å²) in [6, 6.07) is 7.27. The highest BCUT2D eigenvalue weighted by atomic mass is 19.1. The Labute approximate surface area is 143 Å². The number of hydrogen-bond donors (Lipinski definition) is 2. The molecular weight excluding hydrogens is 329 g/mol. The largest absolute Gasteiger partial charge is 0.465 e. The molecule has 25 heavy (non-hydrogen) atoms. The number of piperidine rings is 1. The van der Waals surface area contributed by atoms with Crippen LogP contribution in [0.3, 0.4) is 0 Å². The van der Waals surface area contributed by atoms with Gasteiger partial charge in [-0.05, 0) is 25.0 Å². The van der Waals surface area contributed by atoms with Gasteiger partial charge in [0, 0.05) is 24.7 Å². The van der Waals surface area contributed by atoms with E-state index in [4.69, 9.17) is 5.11 Å². The number of aliphatic hydroxyl groups is 1. The van der Waals surface area contributed by atoms with Gasteiger partial charge in [-0.2, -0.15) is 0 Å². The minimum absolute atomic E-state index is 0.0177. The van der Waals surface area contributed by atoms with Gasteiger partial charge in [0.2, 0.25) is 0 Å². The molecule has 1 aromatic carbocycles. The van der Waals surface area contributed by atoms with Crippen molar-refractivity contribution in [2.45, 2.75) is 25.0 Å². The van der Waals surface area contributed by atoms with Crippen molar-refractivity contribution in [1.82, 2.24) is 14.5 Å². The van der Waals surface area contributed by atoms with Gasteiger partial charge in [0.25, 0.3) is 5.56 Å². The zero-order valence-electron chi connectivity index (χ0n) is 13.4. The molecule has 0 saturated carbocycles. The molecule has 8 heteroatoms. The zero-order chi connectivity index (χ0) is 18.0. The van der Waals surface area contributed by atoms with E-state index in [-0.39, 0.29) is 43.7 Å². The minimum Gasteiger partial charge on any atom is -0.465 e. The molecule has 0 unspecified atom stereocenters. The Morgan fingerprint density at radius 2 is 1.96 bits per heavy atom. The van der Waals surface area contributed by atoms with Gasteiger partial charge in [0.05, 0.1) is 24.2 Å². The van der Waals surface area contributed by atoms with Crippen molar-refractivity contribution in [2.24, 2.45) is 0 Å². The van der Waals surface area contributed by atoms with Crippen LogP contribution in [-0.4, -0.2) is 49.4 Å². The van der Waals surface area contributed by atoms with Gasteiger partial charge in [-0.1, -0.05) is 12.1 Å². The summed E-state index contributed by atoms with van der Waals surface area (Å²) >= 11 is 0. The van der Waals surface area contributed by atoms with E-state index in [0.717, 1.165) is 0 Å². The van der Waals surface area contributed by atoms with E-state index in [1.54, 1.807) is 12.1 Å². The van der Waals surface area contributed by atoms with Crippen molar-refractivity contribution < 1.29 is 19.4 Å². The first-order valence-corrected chi connectivity index (χ1v) is 7.90. The molecule has 1 aliphatic rings. The van der Waals surface area contributed by atoms with E-state index in [0.29, 0.717) is 0 Å². The molecule has 2 aromatic rings. The first-order valence-electron chi connectivity index (χ1n) is 7.90. The molecule has 2 N–H and O–H groups in total. The minimum atomic E-state index is -1.17. The number of amides is 1. The lowest BCUT2D eigenvalue weighted by Crippen LogP contribution is -2.49. The number of hydrogen-bond acceptors (Lipinski definition) is 4. The molecule has 1 aromatic heterocycles. The Kier molecular flexibility index (Phi) is 4.54. The van der Waals surface area contributed by atoms with Crippen LogP contribution in [0.2, 0.25) is 0 Å². The summed E-state index contributed by atoms with van der Waals surface area (Å²) in [7, 11) is 0. The number of carbonyl (C=O) groups is 1. The number of aromatic nitrogens is 2. The maximum Gasteiger partial charge on any atom is 0.407 e. The smallest absolute Gasteiger partial charge is 0.407 e. The first kappa shape index (κ1) is 17.1. The highest BCUT2D eigenvalue weighted by Gasteiger charge is 2.34. The summed E-state index contributed by atoms with van der Waals surface area (Å²) in [5.74, 6) is -0.466. The van der Waals surface area contributed by atoms with Gasteiger partial charge >= 0.3 is 6.09 Å². The van der Waals surface area contributed by atoms with Crippen LogP contribution in [0.5, 0.6) is 0 Å². The summed E-state index contributed by atoms with van der Waals surface area (Å²) in [6.07, 6.45) is 0.739. The average Bonchev–Trinajstić information content (AvgIpc) is 2.57. The van der Waals surface area contributed by atoms with Gasteiger partial charge < -0.3 is 15.1 Å². The third-order valence-electron chi connectivity index (χ3n) is 4.46. The monoisotopic (exact) mass is 347 g/mol. The maximum atomic E-state index is 13.8. The highest BCUT2D eigenvalue weighted by molar-refractivity contribution is 5.65. The molecule has 1 fully saturated rings. The molecule has 2 heterocycles. The van der Waals surface area contributed by atoms with E-state index < -0.39 is 23.1 Å². The lowest BCUT2D eigenvalue weighted by molar-refractivity contribution is -0.0305. The topological polar surface area (TPSA) is 95.7 Å². The van der Waals surface area contributed by atoms with Crippen molar-refractivity contribution in [1.29, 1.82) is 0 Å². The number of benzene rings is 1. The summed E-state index contributed by atoms with van der Waals surface area (Å²) in [4.78, 5) is 28.6. The van der Waals surface area contributed by atoms with Crippen LogP contribution in [0, 0.1) is 5.82 Å². The van der Waals surface area contributed by atoms with E-state index in [9.17, 15) is 19.1 Å². The van der Waals surface area contributed by atoms with Crippen LogP contribution in [0.4, 0.5) is 9.18 Å². The summed E-state index contributed by atoms with van der Waals surface area (Å²) < 4.78 is 15.1. The molecule has 132 valence electrons. The molecule has 0 bridgehead atoms. The Morgan fingerprint density at radius 3 is 2.56 bits per heavy atom. The molecule has 1 amide bonds. The standard InChI is InChI=1S/C17H18FN3O4/c18-13-4-2-1-3-12(13)14-9-15(22)21(11-19-14)10-17(25)5-7-20(8-6-17)16(23)24/h1-4,9,11,25H,5-8,10H2,(H,23,24). The predicted molar refractivity (Wildman–Crippen MR) is 87.7 cm³/mol. The second kappa shape index (κ2) is 6.64. The molecule has 3 rings (SSSR count). The van der Waals surface area contributed by atoms with E-state index in [1.807, 2.05) is 0 Å². The summed E-state index contributed by atoms with van der Waals surface area (Å²) in [6.45, 7) is 0.437. The third kappa shape index (κ3) is 3.69. The average molecular weight is 347 g/mol. The zero-order valence-corrected chi connectivity index (χ0v) is 13.4. The first-order chi connectivity index (χ1) is 11.9. The van der Waals surface area contributed by atoms with Crippen molar-refractivity contribution in [3.05, 3.63) is 52.8 Å². The van der Waals surface area contributed by atoms with Crippen LogP contribution in [-0.2, 0) is 6.54 Å². The quantitative estimate of drug-likeness (QED) is 0.878. The number of halogens is 1. The second-order valence-electron chi connectivity index (χ2n) is 6.21. The Hall–Kier alpha value is -2.74. The Balaban J connectivity index is 1.77. The second-order valence-corrected chi connectivity index (χ2v) is 6.21. The predicted octanol–water partition coefficient (Wildman–Crippen LogP) is 1.55. The fourth-order valence-electron chi connectivity index (χ4n) is 2.95. The fraction of sp³-hybridized carbons (Fsp3) is 0.353. The molecule has 0 aliphatic carbocycles. The summed E-state index contributed by atoms with van der Waals surface area (Å²) in [5, 5.41) is 19.6. The van der Waals surface area contributed by atoms with Gasteiger partial charge in [-0.3, -0.25) is 9.36 Å². The maximum absolute atomic E-state index is 13.8. The lowest BCUT2D eigenvalue weighted by Gasteiger charge is -2.37. The fourth-order valence-corrected chi connectivity index (χ4v) is 2.95. The normalized spacial score (nSPS) is 16.6. The molecular formula is C17H18FN3O4. The van der Waals surface area contributed by atoms with Gasteiger partial charge in [-0.25, -0.2) is 14.2 Å². The Morgan fingerprint density at radius 1 is 1.28 bits per heavy atom. The number of rotatable bonds is 3. The van der Waals surface area contributed by atoms with Crippen LogP contribution in [0.25, 0.3) is 11.3 Å². The van der Waals surface area contributed by atoms with Crippen molar-refractivity contribution in [2.75, 3.05) is 13.1 Å². The van der Waals surface area contributed by atoms with Gasteiger partial charge in [0.15, 0.2) is 0 Å². The van der Waals surface area contributed by atoms with Crippen molar-refractivity contribution in [3.63, 3.8) is 0 Å².